The summed E-state index contributed by atoms with van der Waals surface area (Å²) in [4.78, 5) is 11.4. The van der Waals surface area contributed by atoms with Crippen molar-refractivity contribution in [2.24, 2.45) is 0 Å². The fourth-order valence-corrected chi connectivity index (χ4v) is 2.79. The fourth-order valence-electron chi connectivity index (χ4n) is 1.05. The van der Waals surface area contributed by atoms with Gasteiger partial charge in [0.2, 0.25) is 0 Å². The standard InChI is InChI=1S/3C5H5N.2Cr.2H2O.5O/c3*1-2-4-6-5-3-1;;;;;;;;;/h3*1-5H;;;2*1H2;;;;;/q;;;2*+1;;;;;;;/p-2. The second-order valence-corrected chi connectivity index (χ2v) is 7.76. The van der Waals surface area contributed by atoms with Crippen LogP contribution in [-0.2, 0) is 45.3 Å². The summed E-state index contributed by atoms with van der Waals surface area (Å²) in [6.07, 6.45) is 10.5. The number of hydrogen-bond acceptors (Lipinski definition) is 8. The molecule has 0 fully saturated rings. The van der Waals surface area contributed by atoms with E-state index in [1.807, 2.05) is 54.6 Å². The third-order valence-corrected chi connectivity index (χ3v) is 4.62. The normalized spacial score (nSPS) is 9.85. The molecule has 0 unspecified atom stereocenters. The third kappa shape index (κ3) is 23.6. The first kappa shape index (κ1) is 24.6. The molecule has 0 spiro atoms. The molecule has 3 heterocycles. The van der Waals surface area contributed by atoms with E-state index in [1.54, 1.807) is 37.2 Å². The Hall–Kier alpha value is -2.41. The van der Waals surface area contributed by atoms with Crippen LogP contribution in [0.5, 0.6) is 0 Å². The molecule has 3 aromatic rings. The molecule has 10 nitrogen and oxygen atoms in total. The van der Waals surface area contributed by atoms with Crippen LogP contribution in [0, 0.1) is 0 Å². The molecule has 2 N–H and O–H groups in total. The maximum absolute atomic E-state index is 9.53. The Kier molecular flexibility index (Phi) is 13.4. The first-order valence-corrected chi connectivity index (χ1v) is 11.2. The average Bonchev–Trinajstić information content (AvgIpc) is 2.65. The van der Waals surface area contributed by atoms with Crippen LogP contribution in [0.4, 0.5) is 0 Å². The maximum atomic E-state index is 9.53. The van der Waals surface area contributed by atoms with Gasteiger partial charge in [0.1, 0.15) is 0 Å². The van der Waals surface area contributed by atoms with E-state index < -0.39 is 27.2 Å². The van der Waals surface area contributed by atoms with Crippen LogP contribution in [0.3, 0.4) is 0 Å². The molecule has 0 bridgehead atoms. The van der Waals surface area contributed by atoms with Gasteiger partial charge < -0.3 is 0 Å². The third-order valence-electron chi connectivity index (χ3n) is 1.87. The van der Waals surface area contributed by atoms with Crippen LogP contribution in [0.25, 0.3) is 0 Å². The van der Waals surface area contributed by atoms with E-state index in [0.29, 0.717) is 0 Å². The molecule has 27 heavy (non-hydrogen) atoms. The molecule has 0 aromatic carbocycles. The first-order chi connectivity index (χ1) is 12.7. The van der Waals surface area contributed by atoms with Gasteiger partial charge in [0.15, 0.2) is 0 Å². The van der Waals surface area contributed by atoms with Crippen LogP contribution < -0.4 is 0 Å². The summed E-state index contributed by atoms with van der Waals surface area (Å²) in [5.41, 5.74) is 0. The molecule has 0 atom stereocenters. The predicted octanol–water partition coefficient (Wildman–Crippen LogP) is 1.58. The van der Waals surface area contributed by atoms with Crippen molar-refractivity contribution in [3.8, 4) is 0 Å². The van der Waals surface area contributed by atoms with Crippen molar-refractivity contribution in [2.75, 3.05) is 0 Å². The molecular formula is C15H17Cr2N3O7. The van der Waals surface area contributed by atoms with Gasteiger partial charge in [0, 0.05) is 37.2 Å². The minimum atomic E-state index is -5.76. The van der Waals surface area contributed by atoms with E-state index in [4.69, 9.17) is 8.32 Å². The first-order valence-electron chi connectivity index (χ1n) is 6.91. The maximum Gasteiger partial charge on any atom is 0.0267 e. The number of nitrogens with zero attached hydrogens (tertiary/aromatic N) is 3. The van der Waals surface area contributed by atoms with E-state index in [2.05, 4.69) is 17.8 Å². The van der Waals surface area contributed by atoms with Gasteiger partial charge in [0.25, 0.3) is 0 Å². The molecule has 12 heteroatoms. The SMILES string of the molecule is [O]=[Cr](=[O])([OH])[O][Cr](=[O])(=[O])[OH].c1ccncc1.c1ccncc1.c1ccncc1. The van der Waals surface area contributed by atoms with E-state index in [9.17, 15) is 15.2 Å². The number of hydrogen-bond donors (Lipinski definition) is 2. The molecule has 3 aromatic heterocycles. The van der Waals surface area contributed by atoms with Crippen molar-refractivity contribution in [2.45, 2.75) is 0 Å². The zero-order chi connectivity index (χ0) is 20.4. The van der Waals surface area contributed by atoms with Gasteiger partial charge in [0.05, 0.1) is 0 Å². The predicted molar refractivity (Wildman–Crippen MR) is 81.0 cm³/mol. The molecule has 0 saturated heterocycles. The van der Waals surface area contributed by atoms with Crippen molar-refractivity contribution in [3.63, 3.8) is 0 Å². The topological polar surface area (TPSA) is 157 Å². The molecule has 0 saturated carbocycles. The van der Waals surface area contributed by atoms with E-state index in [1.165, 1.54) is 0 Å². The molecule has 0 aliphatic rings. The molecule has 0 aliphatic carbocycles. The molecule has 3 rings (SSSR count). The van der Waals surface area contributed by atoms with Crippen LogP contribution in [0.1, 0.15) is 0 Å². The van der Waals surface area contributed by atoms with Crippen LogP contribution >= 0.6 is 0 Å². The summed E-state index contributed by atoms with van der Waals surface area (Å²) in [6.45, 7) is 0. The Labute approximate surface area is 160 Å². The Morgan fingerprint density at radius 3 is 0.741 bits per heavy atom. The Bertz CT molecular complexity index is 711. The van der Waals surface area contributed by atoms with Crippen molar-refractivity contribution >= 4 is 0 Å². The van der Waals surface area contributed by atoms with Gasteiger partial charge in [-0.05, 0) is 36.4 Å². The van der Waals surface area contributed by atoms with E-state index in [-0.39, 0.29) is 0 Å². The zero-order valence-corrected chi connectivity index (χ0v) is 16.3. The average molecular weight is 455 g/mol. The minimum Gasteiger partial charge on any atom is -0.265 e. The summed E-state index contributed by atoms with van der Waals surface area (Å²) in [6, 6.07) is 17.1. The summed E-state index contributed by atoms with van der Waals surface area (Å²) >= 11 is -11.5. The largest absolute Gasteiger partial charge is 0.265 e. The molecule has 0 amide bonds. The Morgan fingerprint density at radius 2 is 0.704 bits per heavy atom. The molecule has 0 radical (unpaired) electrons. The summed E-state index contributed by atoms with van der Waals surface area (Å²) < 4.78 is 56.3. The van der Waals surface area contributed by atoms with Gasteiger partial charge in [-0.3, -0.25) is 15.0 Å². The van der Waals surface area contributed by atoms with Gasteiger partial charge in [-0.2, -0.15) is 0 Å². The van der Waals surface area contributed by atoms with Crippen molar-refractivity contribution in [1.29, 1.82) is 0 Å². The van der Waals surface area contributed by atoms with Crippen molar-refractivity contribution < 1.29 is 53.6 Å². The Balaban J connectivity index is 0.000000338. The van der Waals surface area contributed by atoms with Gasteiger partial charge in [-0.15, -0.1) is 0 Å². The fraction of sp³-hybridized carbons (Fsp3) is 0. The second kappa shape index (κ2) is 14.7. The minimum absolute atomic E-state index is 1.75. The smallest absolute Gasteiger partial charge is 0.0267 e. The van der Waals surface area contributed by atoms with Crippen molar-refractivity contribution in [3.05, 3.63) is 91.8 Å². The molecular weight excluding hydrogens is 438 g/mol. The summed E-state index contributed by atoms with van der Waals surface area (Å²) in [5.74, 6) is 0. The summed E-state index contributed by atoms with van der Waals surface area (Å²) in [7, 11) is 0. The Morgan fingerprint density at radius 1 is 0.481 bits per heavy atom. The zero-order valence-electron chi connectivity index (χ0n) is 13.8. The number of aromatic nitrogens is 3. The van der Waals surface area contributed by atoms with Crippen LogP contribution in [0.2, 0.25) is 0 Å². The van der Waals surface area contributed by atoms with Gasteiger partial charge in [-0.25, -0.2) is 0 Å². The molecule has 0 aliphatic heterocycles. The van der Waals surface area contributed by atoms with Gasteiger partial charge in [-0.1, -0.05) is 18.2 Å². The molecule has 146 valence electrons. The van der Waals surface area contributed by atoms with Gasteiger partial charge >= 0.3 is 53.6 Å². The van der Waals surface area contributed by atoms with Crippen LogP contribution in [0.15, 0.2) is 91.8 Å². The second-order valence-electron chi connectivity index (χ2n) is 4.00. The van der Waals surface area contributed by atoms with E-state index >= 15 is 0 Å². The van der Waals surface area contributed by atoms with Crippen LogP contribution in [-0.4, -0.2) is 23.3 Å². The monoisotopic (exact) mass is 455 g/mol. The number of rotatable bonds is 2. The van der Waals surface area contributed by atoms with Crippen molar-refractivity contribution in [1.82, 2.24) is 15.0 Å². The number of pyridine rings is 3. The van der Waals surface area contributed by atoms with E-state index in [0.717, 1.165) is 0 Å². The quantitative estimate of drug-likeness (QED) is 0.581. The summed E-state index contributed by atoms with van der Waals surface area (Å²) in [5, 5.41) is 0.